The van der Waals surface area contributed by atoms with Crippen molar-refractivity contribution in [1.29, 1.82) is 0 Å². The van der Waals surface area contributed by atoms with Crippen LogP contribution in [0.2, 0.25) is 10.0 Å². The minimum Gasteiger partial charge on any atom is -0.493 e. The zero-order valence-electron chi connectivity index (χ0n) is 19.8. The van der Waals surface area contributed by atoms with Gasteiger partial charge in [0.15, 0.2) is 0 Å². The molecule has 0 radical (unpaired) electrons. The molecular weight excluding hydrogens is 515 g/mol. The molecule has 0 atom stereocenters. The fourth-order valence-corrected chi connectivity index (χ4v) is 4.87. The highest BCUT2D eigenvalue weighted by atomic mass is 35.5. The van der Waals surface area contributed by atoms with Crippen molar-refractivity contribution in [2.45, 2.75) is 13.5 Å². The highest BCUT2D eigenvalue weighted by Crippen LogP contribution is 2.37. The predicted octanol–water partition coefficient (Wildman–Crippen LogP) is 8.37. The van der Waals surface area contributed by atoms with Crippen molar-refractivity contribution >= 4 is 34.0 Å². The van der Waals surface area contributed by atoms with Crippen LogP contribution in [0.4, 0.5) is 8.78 Å². The van der Waals surface area contributed by atoms with Gasteiger partial charge in [-0.05, 0) is 65.9 Å². The number of hydrogen-bond acceptors (Lipinski definition) is 2. The second kappa shape index (κ2) is 10.4. The minimum absolute atomic E-state index is 0.131. The summed E-state index contributed by atoms with van der Waals surface area (Å²) >= 11 is 12.6. The maximum absolute atomic E-state index is 14.7. The SMILES string of the molecule is CCOc1ccc(-c2cccc(Cl)c2)cc1-c1cc2cccc(Cl)c2c(=O)n1Cc1ccc(F)cc1F. The first-order valence-electron chi connectivity index (χ1n) is 11.6. The van der Waals surface area contributed by atoms with Gasteiger partial charge < -0.3 is 9.30 Å². The third kappa shape index (κ3) is 4.97. The first kappa shape index (κ1) is 25.0. The second-order valence-corrected chi connectivity index (χ2v) is 9.36. The molecule has 5 rings (SSSR count). The Bertz CT molecular complexity index is 1700. The van der Waals surface area contributed by atoms with E-state index in [-0.39, 0.29) is 12.1 Å². The summed E-state index contributed by atoms with van der Waals surface area (Å²) in [5.74, 6) is -0.875. The van der Waals surface area contributed by atoms with Crippen LogP contribution in [-0.4, -0.2) is 11.2 Å². The number of pyridine rings is 1. The molecule has 4 aromatic carbocycles. The summed E-state index contributed by atoms with van der Waals surface area (Å²) in [5.41, 5.74) is 2.67. The van der Waals surface area contributed by atoms with Crippen LogP contribution in [0.1, 0.15) is 12.5 Å². The highest BCUT2D eigenvalue weighted by Gasteiger charge is 2.19. The molecule has 0 aliphatic heterocycles. The average molecular weight is 536 g/mol. The van der Waals surface area contributed by atoms with Crippen molar-refractivity contribution in [2.75, 3.05) is 6.61 Å². The fourth-order valence-electron chi connectivity index (χ4n) is 4.42. The van der Waals surface area contributed by atoms with Crippen LogP contribution in [0, 0.1) is 11.6 Å². The van der Waals surface area contributed by atoms with Crippen molar-refractivity contribution in [3.63, 3.8) is 0 Å². The lowest BCUT2D eigenvalue weighted by Gasteiger charge is -2.19. The number of benzene rings is 4. The van der Waals surface area contributed by atoms with Crippen LogP contribution in [-0.2, 0) is 6.54 Å². The van der Waals surface area contributed by atoms with E-state index in [2.05, 4.69) is 0 Å². The largest absolute Gasteiger partial charge is 0.493 e. The zero-order chi connectivity index (χ0) is 26.1. The van der Waals surface area contributed by atoms with Gasteiger partial charge in [0.2, 0.25) is 0 Å². The van der Waals surface area contributed by atoms with E-state index >= 15 is 0 Å². The van der Waals surface area contributed by atoms with Crippen LogP contribution < -0.4 is 10.3 Å². The van der Waals surface area contributed by atoms with Gasteiger partial charge in [-0.1, -0.05) is 59.6 Å². The van der Waals surface area contributed by atoms with Crippen LogP contribution in [0.5, 0.6) is 5.75 Å². The first-order chi connectivity index (χ1) is 17.9. The van der Waals surface area contributed by atoms with Crippen LogP contribution >= 0.6 is 23.2 Å². The van der Waals surface area contributed by atoms with Gasteiger partial charge in [-0.15, -0.1) is 0 Å². The predicted molar refractivity (Wildman–Crippen MR) is 146 cm³/mol. The number of hydrogen-bond donors (Lipinski definition) is 0. The van der Waals surface area contributed by atoms with Gasteiger partial charge in [0.25, 0.3) is 5.56 Å². The van der Waals surface area contributed by atoms with Gasteiger partial charge in [-0.2, -0.15) is 0 Å². The van der Waals surface area contributed by atoms with E-state index in [1.54, 1.807) is 24.3 Å². The molecule has 7 heteroatoms. The Balaban J connectivity index is 1.80. The molecule has 0 amide bonds. The number of aromatic nitrogens is 1. The molecule has 37 heavy (non-hydrogen) atoms. The molecule has 1 aromatic heterocycles. The lowest BCUT2D eigenvalue weighted by molar-refractivity contribution is 0.341. The lowest BCUT2D eigenvalue weighted by Crippen LogP contribution is -2.23. The monoisotopic (exact) mass is 535 g/mol. The van der Waals surface area contributed by atoms with Crippen LogP contribution in [0.15, 0.2) is 89.7 Å². The summed E-state index contributed by atoms with van der Waals surface area (Å²) in [4.78, 5) is 13.8. The van der Waals surface area contributed by atoms with Gasteiger partial charge in [0.1, 0.15) is 17.4 Å². The lowest BCUT2D eigenvalue weighted by atomic mass is 9.99. The minimum atomic E-state index is -0.741. The maximum Gasteiger partial charge on any atom is 0.260 e. The van der Waals surface area contributed by atoms with E-state index in [0.717, 1.165) is 17.2 Å². The molecule has 0 spiro atoms. The molecule has 186 valence electrons. The summed E-state index contributed by atoms with van der Waals surface area (Å²) in [6.45, 7) is 2.14. The smallest absolute Gasteiger partial charge is 0.260 e. The molecule has 0 fully saturated rings. The number of rotatable bonds is 6. The number of ether oxygens (including phenoxy) is 1. The average Bonchev–Trinajstić information content (AvgIpc) is 2.87. The van der Waals surface area contributed by atoms with Gasteiger partial charge in [0.05, 0.1) is 29.3 Å². The maximum atomic E-state index is 14.7. The third-order valence-corrected chi connectivity index (χ3v) is 6.69. The zero-order valence-corrected chi connectivity index (χ0v) is 21.3. The Morgan fingerprint density at radius 3 is 2.41 bits per heavy atom. The van der Waals surface area contributed by atoms with Crippen molar-refractivity contribution in [3.05, 3.63) is 123 Å². The van der Waals surface area contributed by atoms with E-state index in [1.165, 1.54) is 16.7 Å². The summed E-state index contributed by atoms with van der Waals surface area (Å²) < 4.78 is 35.7. The Hall–Kier alpha value is -3.67. The number of nitrogens with zero attached hydrogens (tertiary/aromatic N) is 1. The molecular formula is C30H21Cl2F2NO2. The molecule has 0 aliphatic carbocycles. The molecule has 1 heterocycles. The Labute approximate surface area is 222 Å². The Morgan fingerprint density at radius 2 is 1.65 bits per heavy atom. The van der Waals surface area contributed by atoms with Crippen molar-refractivity contribution in [3.8, 4) is 28.1 Å². The van der Waals surface area contributed by atoms with Gasteiger partial charge in [0, 0.05) is 22.2 Å². The van der Waals surface area contributed by atoms with Crippen LogP contribution in [0.3, 0.4) is 0 Å². The highest BCUT2D eigenvalue weighted by molar-refractivity contribution is 6.35. The number of fused-ring (bicyclic) bond motifs is 1. The number of halogens is 4. The van der Waals surface area contributed by atoms with Crippen molar-refractivity contribution in [2.24, 2.45) is 0 Å². The molecule has 5 aromatic rings. The summed E-state index contributed by atoms with van der Waals surface area (Å²) in [6, 6.07) is 23.5. The molecule has 0 N–H and O–H groups in total. The van der Waals surface area contributed by atoms with Gasteiger partial charge in [-0.3, -0.25) is 4.79 Å². The summed E-state index contributed by atoms with van der Waals surface area (Å²) in [7, 11) is 0. The van der Waals surface area contributed by atoms with E-state index in [9.17, 15) is 13.6 Å². The molecule has 0 saturated carbocycles. The van der Waals surface area contributed by atoms with Gasteiger partial charge >= 0.3 is 0 Å². The standard InChI is InChI=1S/C30H21Cl2F2NO2/c1-2-37-28-12-10-19(18-5-3-7-22(31)13-18)14-24(28)27-15-20-6-4-8-25(32)29(20)30(36)35(27)17-21-9-11-23(33)16-26(21)34/h3-16H,2,17H2,1H3. The summed E-state index contributed by atoms with van der Waals surface area (Å²) in [6.07, 6.45) is 0. The van der Waals surface area contributed by atoms with E-state index in [4.69, 9.17) is 27.9 Å². The topological polar surface area (TPSA) is 31.2 Å². The quantitative estimate of drug-likeness (QED) is 0.218. The van der Waals surface area contributed by atoms with E-state index in [1.807, 2.05) is 49.4 Å². The normalized spacial score (nSPS) is 11.2. The fraction of sp³-hybridized carbons (Fsp3) is 0.100. The Morgan fingerprint density at radius 1 is 0.865 bits per heavy atom. The van der Waals surface area contributed by atoms with E-state index in [0.29, 0.717) is 44.4 Å². The van der Waals surface area contributed by atoms with Gasteiger partial charge in [-0.25, -0.2) is 8.78 Å². The molecule has 0 unspecified atom stereocenters. The molecule has 0 bridgehead atoms. The second-order valence-electron chi connectivity index (χ2n) is 8.51. The Kier molecular flexibility index (Phi) is 7.00. The third-order valence-electron chi connectivity index (χ3n) is 6.14. The van der Waals surface area contributed by atoms with Crippen molar-refractivity contribution in [1.82, 2.24) is 4.57 Å². The molecule has 3 nitrogen and oxygen atoms in total. The van der Waals surface area contributed by atoms with Crippen molar-refractivity contribution < 1.29 is 13.5 Å². The summed E-state index contributed by atoms with van der Waals surface area (Å²) in [5, 5.41) is 1.84. The van der Waals surface area contributed by atoms with Crippen LogP contribution in [0.25, 0.3) is 33.2 Å². The first-order valence-corrected chi connectivity index (χ1v) is 12.4. The molecule has 0 saturated heterocycles. The molecule has 0 aliphatic rings. The van der Waals surface area contributed by atoms with E-state index < -0.39 is 17.2 Å².